The van der Waals surface area contributed by atoms with Gasteiger partial charge in [0, 0.05) is 17.7 Å². The third-order valence-electron chi connectivity index (χ3n) is 2.85. The lowest BCUT2D eigenvalue weighted by molar-refractivity contribution is -0.140. The Hall–Kier alpha value is -1.62. The van der Waals surface area contributed by atoms with Crippen LogP contribution in [0.15, 0.2) is 0 Å². The molecule has 1 N–H and O–H groups in total. The Morgan fingerprint density at radius 2 is 1.95 bits per heavy atom. The molecule has 0 bridgehead atoms. The smallest absolute Gasteiger partial charge is 0.305 e. The number of alkyl halides is 1. The second-order valence-electron chi connectivity index (χ2n) is 4.17. The molecule has 0 aliphatic carbocycles. The Morgan fingerprint density at radius 3 is 2.42 bits per heavy atom. The molecule has 0 saturated heterocycles. The average Bonchev–Trinajstić information content (AvgIpc) is 2.71. The molecule has 104 valence electrons. The molecule has 1 aromatic rings. The van der Waals surface area contributed by atoms with Gasteiger partial charge in [0.1, 0.15) is 0 Å². The molecule has 0 spiro atoms. The molecule has 5 nitrogen and oxygen atoms in total. The number of hydrogen-bond donors (Lipinski definition) is 1. The van der Waals surface area contributed by atoms with E-state index in [-0.39, 0.29) is 30.3 Å². The van der Waals surface area contributed by atoms with Gasteiger partial charge in [-0.1, -0.05) is 0 Å². The fourth-order valence-electron chi connectivity index (χ4n) is 2.04. The number of hydrogen-bond acceptors (Lipinski definition) is 4. The van der Waals surface area contributed by atoms with Crippen molar-refractivity contribution >= 4 is 29.1 Å². The van der Waals surface area contributed by atoms with Crippen molar-refractivity contribution < 1.29 is 19.1 Å². The molecule has 6 heteroatoms. The van der Waals surface area contributed by atoms with Crippen LogP contribution < -0.4 is 0 Å². The van der Waals surface area contributed by atoms with Gasteiger partial charge >= 0.3 is 5.97 Å². The van der Waals surface area contributed by atoms with Gasteiger partial charge < -0.3 is 9.72 Å². The zero-order valence-electron chi connectivity index (χ0n) is 11.1. The Morgan fingerprint density at radius 1 is 1.32 bits per heavy atom. The Balaban J connectivity index is 3.19. The standard InChI is InChI=1S/C13H16ClNO4/c1-7-12(8(2)16)9(4-5-11(18)19-3)13(15-7)10(17)6-14/h15H,4-6H2,1-3H3. The predicted molar refractivity (Wildman–Crippen MR) is 70.9 cm³/mol. The summed E-state index contributed by atoms with van der Waals surface area (Å²) in [5.41, 5.74) is 1.92. The lowest BCUT2D eigenvalue weighted by atomic mass is 9.99. The number of carbonyl (C=O) groups excluding carboxylic acids is 3. The summed E-state index contributed by atoms with van der Waals surface area (Å²) in [5.74, 6) is -1.01. The highest BCUT2D eigenvalue weighted by Gasteiger charge is 2.22. The monoisotopic (exact) mass is 285 g/mol. The predicted octanol–water partition coefficient (Wildman–Crippen LogP) is 2.05. The number of aryl methyl sites for hydroxylation is 1. The van der Waals surface area contributed by atoms with Crippen molar-refractivity contribution in [2.45, 2.75) is 26.7 Å². The molecule has 0 atom stereocenters. The number of esters is 1. The fraction of sp³-hybridized carbons (Fsp3) is 0.462. The highest BCUT2D eigenvalue weighted by Crippen LogP contribution is 2.22. The molecule has 0 aliphatic rings. The number of halogens is 1. The van der Waals surface area contributed by atoms with Crippen LogP contribution >= 0.6 is 11.6 Å². The van der Waals surface area contributed by atoms with E-state index in [1.54, 1.807) is 6.92 Å². The molecular weight excluding hydrogens is 270 g/mol. The summed E-state index contributed by atoms with van der Waals surface area (Å²) in [4.78, 5) is 37.5. The molecule has 1 rings (SSSR count). The summed E-state index contributed by atoms with van der Waals surface area (Å²) in [7, 11) is 1.29. The van der Waals surface area contributed by atoms with Crippen LogP contribution in [0.3, 0.4) is 0 Å². The van der Waals surface area contributed by atoms with E-state index < -0.39 is 5.97 Å². The van der Waals surface area contributed by atoms with Crippen molar-refractivity contribution in [2.75, 3.05) is 13.0 Å². The molecule has 0 aromatic carbocycles. The molecule has 0 saturated carbocycles. The number of nitrogens with one attached hydrogen (secondary N) is 1. The quantitative estimate of drug-likeness (QED) is 0.493. The van der Waals surface area contributed by atoms with Crippen molar-refractivity contribution in [1.82, 2.24) is 4.98 Å². The number of ether oxygens (including phenoxy) is 1. The third-order valence-corrected chi connectivity index (χ3v) is 3.09. The first-order valence-corrected chi connectivity index (χ1v) is 6.34. The minimum Gasteiger partial charge on any atom is -0.469 e. The number of aromatic nitrogens is 1. The third kappa shape index (κ3) is 3.44. The van der Waals surface area contributed by atoms with Gasteiger partial charge in [-0.25, -0.2) is 0 Å². The largest absolute Gasteiger partial charge is 0.469 e. The minimum atomic E-state index is -0.391. The van der Waals surface area contributed by atoms with Crippen LogP contribution in [0.4, 0.5) is 0 Å². The van der Waals surface area contributed by atoms with Crippen molar-refractivity contribution in [1.29, 1.82) is 0 Å². The first kappa shape index (κ1) is 15.4. The summed E-state index contributed by atoms with van der Waals surface area (Å²) in [6, 6.07) is 0. The first-order chi connectivity index (χ1) is 8.92. The zero-order valence-corrected chi connectivity index (χ0v) is 11.9. The van der Waals surface area contributed by atoms with Gasteiger partial charge in [-0.05, 0) is 25.8 Å². The Bertz CT molecular complexity index is 519. The minimum absolute atomic E-state index is 0.108. The van der Waals surface area contributed by atoms with Gasteiger partial charge in [0.25, 0.3) is 0 Å². The van der Waals surface area contributed by atoms with Gasteiger partial charge in [-0.3, -0.25) is 14.4 Å². The lowest BCUT2D eigenvalue weighted by Gasteiger charge is -2.04. The summed E-state index contributed by atoms with van der Waals surface area (Å²) < 4.78 is 4.56. The van der Waals surface area contributed by atoms with Crippen LogP contribution in [-0.4, -0.2) is 35.5 Å². The van der Waals surface area contributed by atoms with Crippen molar-refractivity contribution in [3.63, 3.8) is 0 Å². The van der Waals surface area contributed by atoms with Crippen molar-refractivity contribution in [3.8, 4) is 0 Å². The highest BCUT2D eigenvalue weighted by atomic mass is 35.5. The van der Waals surface area contributed by atoms with E-state index in [4.69, 9.17) is 11.6 Å². The van der Waals surface area contributed by atoms with Crippen LogP contribution in [0.5, 0.6) is 0 Å². The maximum Gasteiger partial charge on any atom is 0.305 e. The van der Waals surface area contributed by atoms with E-state index in [0.29, 0.717) is 22.5 Å². The molecule has 0 unspecified atom stereocenters. The summed E-state index contributed by atoms with van der Waals surface area (Å²) in [6.07, 6.45) is 0.376. The second-order valence-corrected chi connectivity index (χ2v) is 4.43. The lowest BCUT2D eigenvalue weighted by Crippen LogP contribution is -2.09. The fourth-order valence-corrected chi connectivity index (χ4v) is 2.17. The maximum absolute atomic E-state index is 11.7. The van der Waals surface area contributed by atoms with E-state index in [1.165, 1.54) is 14.0 Å². The van der Waals surface area contributed by atoms with Gasteiger partial charge in [0.05, 0.1) is 18.7 Å². The van der Waals surface area contributed by atoms with Crippen LogP contribution in [0, 0.1) is 6.92 Å². The number of methoxy groups -OCH3 is 1. The van der Waals surface area contributed by atoms with E-state index in [2.05, 4.69) is 9.72 Å². The Kier molecular flexibility index (Phi) is 5.30. The molecule has 0 radical (unpaired) electrons. The number of H-pyrrole nitrogens is 1. The van der Waals surface area contributed by atoms with Gasteiger partial charge in [-0.15, -0.1) is 11.6 Å². The molecule has 1 heterocycles. The highest BCUT2D eigenvalue weighted by molar-refractivity contribution is 6.30. The summed E-state index contributed by atoms with van der Waals surface area (Å²) >= 11 is 5.54. The van der Waals surface area contributed by atoms with E-state index >= 15 is 0 Å². The Labute approximate surface area is 116 Å². The van der Waals surface area contributed by atoms with Gasteiger partial charge in [0.2, 0.25) is 0 Å². The molecular formula is C13H16ClNO4. The normalized spacial score (nSPS) is 10.3. The molecule has 0 aliphatic heterocycles. The van der Waals surface area contributed by atoms with Crippen LogP contribution in [0.25, 0.3) is 0 Å². The molecule has 1 aromatic heterocycles. The van der Waals surface area contributed by atoms with Crippen LogP contribution in [-0.2, 0) is 16.0 Å². The molecule has 0 fully saturated rings. The summed E-state index contributed by atoms with van der Waals surface area (Å²) in [5, 5.41) is 0. The second kappa shape index (κ2) is 6.52. The topological polar surface area (TPSA) is 76.2 Å². The molecule has 19 heavy (non-hydrogen) atoms. The van der Waals surface area contributed by atoms with Crippen molar-refractivity contribution in [2.24, 2.45) is 0 Å². The van der Waals surface area contributed by atoms with Gasteiger partial charge in [-0.2, -0.15) is 0 Å². The SMILES string of the molecule is COC(=O)CCc1c(C(=O)CCl)[nH]c(C)c1C(C)=O. The van der Waals surface area contributed by atoms with Crippen LogP contribution in [0.1, 0.15) is 45.4 Å². The maximum atomic E-state index is 11.7. The van der Waals surface area contributed by atoms with Crippen LogP contribution in [0.2, 0.25) is 0 Å². The molecule has 0 amide bonds. The van der Waals surface area contributed by atoms with E-state index in [1.807, 2.05) is 0 Å². The van der Waals surface area contributed by atoms with E-state index in [9.17, 15) is 14.4 Å². The number of Topliss-reactive ketones (excluding diaryl/α,β-unsaturated/α-hetero) is 2. The number of aromatic amines is 1. The number of ketones is 2. The van der Waals surface area contributed by atoms with Gasteiger partial charge in [0.15, 0.2) is 11.6 Å². The number of carbonyl (C=O) groups is 3. The summed E-state index contributed by atoms with van der Waals surface area (Å²) in [6.45, 7) is 3.14. The average molecular weight is 286 g/mol. The number of rotatable bonds is 6. The zero-order chi connectivity index (χ0) is 14.6. The van der Waals surface area contributed by atoms with Crippen molar-refractivity contribution in [3.05, 3.63) is 22.5 Å². The van der Waals surface area contributed by atoms with E-state index in [0.717, 1.165) is 0 Å². The first-order valence-electron chi connectivity index (χ1n) is 5.80.